The van der Waals surface area contributed by atoms with Crippen LogP contribution in [0.1, 0.15) is 18.5 Å². The molecule has 0 saturated carbocycles. The molecule has 16 heavy (non-hydrogen) atoms. The zero-order valence-electron chi connectivity index (χ0n) is 9.62. The van der Waals surface area contributed by atoms with Gasteiger partial charge in [-0.1, -0.05) is 11.6 Å². The van der Waals surface area contributed by atoms with Crippen molar-refractivity contribution in [2.45, 2.75) is 25.4 Å². The van der Waals surface area contributed by atoms with Gasteiger partial charge in [0.05, 0.1) is 5.69 Å². The summed E-state index contributed by atoms with van der Waals surface area (Å²) in [4.78, 5) is 6.68. The minimum Gasteiger partial charge on any atom is -0.315 e. The lowest BCUT2D eigenvalue weighted by atomic mass is 10.1. The summed E-state index contributed by atoms with van der Waals surface area (Å²) in [6.07, 6.45) is 4.30. The number of pyridine rings is 1. The summed E-state index contributed by atoms with van der Waals surface area (Å²) in [7, 11) is 2.15. The van der Waals surface area contributed by atoms with Crippen LogP contribution in [0.25, 0.3) is 0 Å². The summed E-state index contributed by atoms with van der Waals surface area (Å²) in [6, 6.07) is 4.37. The smallest absolute Gasteiger partial charge is 0.0558 e. The molecular weight excluding hydrogens is 222 g/mol. The molecule has 1 aromatic rings. The molecule has 1 N–H and O–H groups in total. The fraction of sp³-hybridized carbons (Fsp3) is 0.583. The minimum atomic E-state index is 0.620. The molecule has 1 unspecified atom stereocenters. The van der Waals surface area contributed by atoms with Gasteiger partial charge in [0.1, 0.15) is 0 Å². The number of hydrogen-bond donors (Lipinski definition) is 1. The highest BCUT2D eigenvalue weighted by Crippen LogP contribution is 2.13. The van der Waals surface area contributed by atoms with Crippen LogP contribution in [0.5, 0.6) is 0 Å². The lowest BCUT2D eigenvalue weighted by Gasteiger charge is -2.31. The Kier molecular flexibility index (Phi) is 4.16. The largest absolute Gasteiger partial charge is 0.315 e. The molecule has 1 atom stereocenters. The van der Waals surface area contributed by atoms with Gasteiger partial charge in [-0.3, -0.25) is 9.88 Å². The number of halogens is 1. The summed E-state index contributed by atoms with van der Waals surface area (Å²) < 4.78 is 0. The molecule has 1 aliphatic rings. The average molecular weight is 240 g/mol. The number of nitrogens with one attached hydrogen (secondary N) is 1. The maximum absolute atomic E-state index is 5.94. The van der Waals surface area contributed by atoms with Gasteiger partial charge >= 0.3 is 0 Å². The molecule has 0 aliphatic carbocycles. The molecule has 0 radical (unpaired) electrons. The number of aromatic nitrogens is 1. The number of hydrogen-bond acceptors (Lipinski definition) is 3. The summed E-state index contributed by atoms with van der Waals surface area (Å²) >= 11 is 5.94. The first-order valence-corrected chi connectivity index (χ1v) is 6.15. The van der Waals surface area contributed by atoms with Crippen molar-refractivity contribution in [3.63, 3.8) is 0 Å². The Morgan fingerprint density at radius 1 is 1.62 bits per heavy atom. The van der Waals surface area contributed by atoms with Crippen LogP contribution in [-0.4, -0.2) is 36.1 Å². The zero-order valence-corrected chi connectivity index (χ0v) is 10.4. The van der Waals surface area contributed by atoms with Crippen LogP contribution in [-0.2, 0) is 6.54 Å². The standard InChI is InChI=1S/C12H18ClN3/c1-16(12-3-2-5-14-8-12)9-11-7-10(13)4-6-15-11/h4,6-7,12,14H,2-3,5,8-9H2,1H3. The number of piperidine rings is 1. The van der Waals surface area contributed by atoms with Crippen LogP contribution in [0.15, 0.2) is 18.3 Å². The van der Waals surface area contributed by atoms with E-state index in [0.717, 1.165) is 30.4 Å². The van der Waals surface area contributed by atoms with Crippen LogP contribution in [0.3, 0.4) is 0 Å². The predicted molar refractivity (Wildman–Crippen MR) is 66.6 cm³/mol. The van der Waals surface area contributed by atoms with Crippen molar-refractivity contribution in [2.24, 2.45) is 0 Å². The van der Waals surface area contributed by atoms with E-state index in [0.29, 0.717) is 6.04 Å². The Morgan fingerprint density at radius 2 is 2.50 bits per heavy atom. The van der Waals surface area contributed by atoms with Crippen molar-refractivity contribution in [3.8, 4) is 0 Å². The lowest BCUT2D eigenvalue weighted by molar-refractivity contribution is 0.194. The van der Waals surface area contributed by atoms with E-state index in [1.807, 2.05) is 12.1 Å². The Balaban J connectivity index is 1.93. The molecule has 0 aromatic carbocycles. The summed E-state index contributed by atoms with van der Waals surface area (Å²) in [5.41, 5.74) is 1.04. The molecule has 0 spiro atoms. The average Bonchev–Trinajstić information content (AvgIpc) is 2.30. The molecule has 0 amide bonds. The Labute approximate surface area is 102 Å². The Hall–Kier alpha value is -0.640. The maximum atomic E-state index is 5.94. The Bertz CT molecular complexity index is 337. The molecule has 1 aromatic heterocycles. The van der Waals surface area contributed by atoms with Crippen molar-refractivity contribution >= 4 is 11.6 Å². The first kappa shape index (κ1) is 11.8. The van der Waals surface area contributed by atoms with Gasteiger partial charge in [-0.2, -0.15) is 0 Å². The fourth-order valence-electron chi connectivity index (χ4n) is 2.13. The molecule has 1 fully saturated rings. The van der Waals surface area contributed by atoms with Crippen molar-refractivity contribution in [2.75, 3.05) is 20.1 Å². The second kappa shape index (κ2) is 5.62. The van der Waals surface area contributed by atoms with Gasteiger partial charge in [0, 0.05) is 30.4 Å². The van der Waals surface area contributed by atoms with E-state index in [1.54, 1.807) is 6.20 Å². The van der Waals surface area contributed by atoms with E-state index in [1.165, 1.54) is 12.8 Å². The predicted octanol–water partition coefficient (Wildman–Crippen LogP) is 1.92. The van der Waals surface area contributed by atoms with Crippen LogP contribution >= 0.6 is 11.6 Å². The zero-order chi connectivity index (χ0) is 11.4. The fourth-order valence-corrected chi connectivity index (χ4v) is 2.31. The van der Waals surface area contributed by atoms with E-state index in [9.17, 15) is 0 Å². The molecule has 0 bridgehead atoms. The first-order valence-electron chi connectivity index (χ1n) is 5.77. The summed E-state index contributed by atoms with van der Waals surface area (Å²) in [5, 5.41) is 4.19. The van der Waals surface area contributed by atoms with E-state index in [-0.39, 0.29) is 0 Å². The normalized spacial score (nSPS) is 21.3. The summed E-state index contributed by atoms with van der Waals surface area (Å²) in [6.45, 7) is 3.10. The van der Waals surface area contributed by atoms with E-state index < -0.39 is 0 Å². The van der Waals surface area contributed by atoms with Gasteiger partial charge in [0.2, 0.25) is 0 Å². The summed E-state index contributed by atoms with van der Waals surface area (Å²) in [5.74, 6) is 0. The minimum absolute atomic E-state index is 0.620. The third-order valence-corrected chi connectivity index (χ3v) is 3.32. The lowest BCUT2D eigenvalue weighted by Crippen LogP contribution is -2.43. The van der Waals surface area contributed by atoms with Gasteiger partial charge < -0.3 is 5.32 Å². The highest BCUT2D eigenvalue weighted by atomic mass is 35.5. The molecule has 88 valence electrons. The maximum Gasteiger partial charge on any atom is 0.0558 e. The van der Waals surface area contributed by atoms with Crippen molar-refractivity contribution in [1.29, 1.82) is 0 Å². The monoisotopic (exact) mass is 239 g/mol. The number of nitrogens with zero attached hydrogens (tertiary/aromatic N) is 2. The van der Waals surface area contributed by atoms with Gasteiger partial charge in [-0.05, 0) is 38.6 Å². The van der Waals surface area contributed by atoms with Gasteiger partial charge in [0.15, 0.2) is 0 Å². The van der Waals surface area contributed by atoms with Crippen LogP contribution in [0.2, 0.25) is 5.02 Å². The highest BCUT2D eigenvalue weighted by molar-refractivity contribution is 6.30. The van der Waals surface area contributed by atoms with Gasteiger partial charge in [-0.15, -0.1) is 0 Å². The molecule has 1 aliphatic heterocycles. The van der Waals surface area contributed by atoms with Crippen molar-refractivity contribution < 1.29 is 0 Å². The SMILES string of the molecule is CN(Cc1cc(Cl)ccn1)C1CCCNC1. The first-order chi connectivity index (χ1) is 7.75. The third kappa shape index (κ3) is 3.17. The van der Waals surface area contributed by atoms with E-state index >= 15 is 0 Å². The molecule has 3 nitrogen and oxygen atoms in total. The highest BCUT2D eigenvalue weighted by Gasteiger charge is 2.17. The molecule has 1 saturated heterocycles. The molecule has 2 heterocycles. The second-order valence-electron chi connectivity index (χ2n) is 4.38. The third-order valence-electron chi connectivity index (χ3n) is 3.08. The van der Waals surface area contributed by atoms with E-state index in [4.69, 9.17) is 11.6 Å². The molecule has 4 heteroatoms. The van der Waals surface area contributed by atoms with Crippen LogP contribution < -0.4 is 5.32 Å². The van der Waals surface area contributed by atoms with Crippen molar-refractivity contribution in [3.05, 3.63) is 29.0 Å². The van der Waals surface area contributed by atoms with E-state index in [2.05, 4.69) is 22.2 Å². The quantitative estimate of drug-likeness (QED) is 0.874. The van der Waals surface area contributed by atoms with Crippen LogP contribution in [0.4, 0.5) is 0 Å². The van der Waals surface area contributed by atoms with Crippen LogP contribution in [0, 0.1) is 0 Å². The topological polar surface area (TPSA) is 28.2 Å². The molecule has 2 rings (SSSR count). The van der Waals surface area contributed by atoms with Crippen molar-refractivity contribution in [1.82, 2.24) is 15.2 Å². The number of rotatable bonds is 3. The number of likely N-dealkylation sites (N-methyl/N-ethyl adjacent to an activating group) is 1. The second-order valence-corrected chi connectivity index (χ2v) is 4.82. The van der Waals surface area contributed by atoms with Gasteiger partial charge in [0.25, 0.3) is 0 Å². The Morgan fingerprint density at radius 3 is 3.19 bits per heavy atom. The van der Waals surface area contributed by atoms with Gasteiger partial charge in [-0.25, -0.2) is 0 Å². The molecular formula is C12H18ClN3.